The molecule has 3 heterocycles. The summed E-state index contributed by atoms with van der Waals surface area (Å²) in [5.41, 5.74) is 10.4. The van der Waals surface area contributed by atoms with Gasteiger partial charge in [0.05, 0.1) is 0 Å². The lowest BCUT2D eigenvalue weighted by molar-refractivity contribution is 0.656. The largest absolute Gasteiger partial charge is 0.456 e. The van der Waals surface area contributed by atoms with Crippen LogP contribution in [0, 0.1) is 0 Å². The maximum absolute atomic E-state index is 6.41. The lowest BCUT2D eigenvalue weighted by atomic mass is 9.97. The summed E-state index contributed by atoms with van der Waals surface area (Å²) >= 11 is 0. The standard InChI is InChI=1S/C45H27N3O2/c1-3-12-28(13-4-1)30-16-9-18-32(24-30)44-46-43(29-14-5-2-6-15-29)47-45(48-44)33-19-10-17-31(25-33)34-21-11-23-39-42(34)37-26-36-35-20-7-8-22-38(35)49-40(36)27-41(37)50-39/h1-27H. The number of rotatable bonds is 5. The molecule has 5 nitrogen and oxygen atoms in total. The van der Waals surface area contributed by atoms with Crippen LogP contribution in [0.2, 0.25) is 0 Å². The number of nitrogens with zero attached hydrogens (tertiary/aromatic N) is 3. The summed E-state index contributed by atoms with van der Waals surface area (Å²) < 4.78 is 12.6. The van der Waals surface area contributed by atoms with E-state index in [0.29, 0.717) is 17.5 Å². The molecule has 5 heteroatoms. The summed E-state index contributed by atoms with van der Waals surface area (Å²) in [4.78, 5) is 15.1. The minimum atomic E-state index is 0.608. The molecular formula is C45H27N3O2. The third-order valence-electron chi connectivity index (χ3n) is 9.32. The molecule has 0 aliphatic heterocycles. The van der Waals surface area contributed by atoms with Crippen LogP contribution in [0.25, 0.3) is 100 Å². The highest BCUT2D eigenvalue weighted by molar-refractivity contribution is 6.18. The Morgan fingerprint density at radius 1 is 0.300 bits per heavy atom. The Hall–Kier alpha value is -6.85. The lowest BCUT2D eigenvalue weighted by Gasteiger charge is -2.11. The quantitative estimate of drug-likeness (QED) is 0.187. The predicted molar refractivity (Wildman–Crippen MR) is 202 cm³/mol. The summed E-state index contributed by atoms with van der Waals surface area (Å²) in [6, 6.07) is 55.8. The zero-order chi connectivity index (χ0) is 33.0. The van der Waals surface area contributed by atoms with Gasteiger partial charge in [-0.15, -0.1) is 0 Å². The van der Waals surface area contributed by atoms with Crippen molar-refractivity contribution in [2.24, 2.45) is 0 Å². The maximum atomic E-state index is 6.41. The molecule has 10 aromatic rings. The zero-order valence-corrected chi connectivity index (χ0v) is 26.7. The van der Waals surface area contributed by atoms with E-state index in [-0.39, 0.29) is 0 Å². The topological polar surface area (TPSA) is 65.0 Å². The minimum absolute atomic E-state index is 0.608. The minimum Gasteiger partial charge on any atom is -0.456 e. The van der Waals surface area contributed by atoms with Crippen LogP contribution >= 0.6 is 0 Å². The molecule has 0 unspecified atom stereocenters. The summed E-state index contributed by atoms with van der Waals surface area (Å²) in [7, 11) is 0. The van der Waals surface area contributed by atoms with Crippen molar-refractivity contribution in [2.75, 3.05) is 0 Å². The molecular weight excluding hydrogens is 615 g/mol. The number of benzene rings is 7. The van der Waals surface area contributed by atoms with Gasteiger partial charge in [-0.05, 0) is 52.6 Å². The number of para-hydroxylation sites is 1. The van der Waals surface area contributed by atoms with E-state index < -0.39 is 0 Å². The number of hydrogen-bond donors (Lipinski definition) is 0. The van der Waals surface area contributed by atoms with E-state index in [1.807, 2.05) is 72.8 Å². The van der Waals surface area contributed by atoms with Gasteiger partial charge < -0.3 is 8.83 Å². The van der Waals surface area contributed by atoms with E-state index >= 15 is 0 Å². The highest BCUT2D eigenvalue weighted by Gasteiger charge is 2.18. The van der Waals surface area contributed by atoms with Crippen LogP contribution < -0.4 is 0 Å². The third kappa shape index (κ3) is 4.75. The van der Waals surface area contributed by atoms with Crippen LogP contribution in [0.3, 0.4) is 0 Å². The first-order chi connectivity index (χ1) is 24.7. The fourth-order valence-electron chi connectivity index (χ4n) is 6.93. The van der Waals surface area contributed by atoms with Gasteiger partial charge in [0.1, 0.15) is 22.3 Å². The molecule has 0 fully saturated rings. The highest BCUT2D eigenvalue weighted by atomic mass is 16.3. The molecule has 0 saturated carbocycles. The Balaban J connectivity index is 1.13. The van der Waals surface area contributed by atoms with Gasteiger partial charge in [-0.1, -0.05) is 127 Å². The van der Waals surface area contributed by atoms with E-state index in [9.17, 15) is 0 Å². The molecule has 7 aromatic carbocycles. The third-order valence-corrected chi connectivity index (χ3v) is 9.32. The van der Waals surface area contributed by atoms with Gasteiger partial charge >= 0.3 is 0 Å². The van der Waals surface area contributed by atoms with Gasteiger partial charge in [0.15, 0.2) is 17.5 Å². The fraction of sp³-hybridized carbons (Fsp3) is 0. The molecule has 0 N–H and O–H groups in total. The van der Waals surface area contributed by atoms with Crippen molar-refractivity contribution in [1.82, 2.24) is 15.0 Å². The average Bonchev–Trinajstić information content (AvgIpc) is 3.75. The fourth-order valence-corrected chi connectivity index (χ4v) is 6.93. The van der Waals surface area contributed by atoms with Gasteiger partial charge in [-0.3, -0.25) is 0 Å². The van der Waals surface area contributed by atoms with E-state index in [4.69, 9.17) is 23.8 Å². The van der Waals surface area contributed by atoms with Crippen molar-refractivity contribution in [2.45, 2.75) is 0 Å². The van der Waals surface area contributed by atoms with Crippen molar-refractivity contribution < 1.29 is 8.83 Å². The molecule has 0 radical (unpaired) electrons. The van der Waals surface area contributed by atoms with Gasteiger partial charge in [0.2, 0.25) is 0 Å². The Bertz CT molecular complexity index is 2870. The summed E-state index contributed by atoms with van der Waals surface area (Å²) in [6.45, 7) is 0. The second-order valence-corrected chi connectivity index (χ2v) is 12.4. The number of hydrogen-bond acceptors (Lipinski definition) is 5. The van der Waals surface area contributed by atoms with Crippen molar-refractivity contribution in [3.63, 3.8) is 0 Å². The Morgan fingerprint density at radius 3 is 1.58 bits per heavy atom. The molecule has 0 atom stereocenters. The van der Waals surface area contributed by atoms with Crippen molar-refractivity contribution in [1.29, 1.82) is 0 Å². The summed E-state index contributed by atoms with van der Waals surface area (Å²) in [6.07, 6.45) is 0. The van der Waals surface area contributed by atoms with Gasteiger partial charge in [-0.2, -0.15) is 0 Å². The molecule has 10 rings (SSSR count). The molecule has 0 aliphatic rings. The van der Waals surface area contributed by atoms with Crippen molar-refractivity contribution >= 4 is 43.9 Å². The zero-order valence-electron chi connectivity index (χ0n) is 26.7. The normalized spacial score (nSPS) is 11.6. The Kier molecular flexibility index (Phi) is 6.42. The van der Waals surface area contributed by atoms with Crippen molar-refractivity contribution in [3.8, 4) is 56.4 Å². The molecule has 0 amide bonds. The Labute approximate surface area is 287 Å². The molecule has 50 heavy (non-hydrogen) atoms. The molecule has 0 saturated heterocycles. The van der Waals surface area contributed by atoms with Crippen LogP contribution in [-0.4, -0.2) is 15.0 Å². The first-order valence-corrected chi connectivity index (χ1v) is 16.6. The van der Waals surface area contributed by atoms with E-state index in [1.165, 1.54) is 0 Å². The second-order valence-electron chi connectivity index (χ2n) is 12.4. The van der Waals surface area contributed by atoms with Gasteiger partial charge in [0, 0.05) is 44.3 Å². The Morgan fingerprint density at radius 2 is 0.820 bits per heavy atom. The number of aromatic nitrogens is 3. The smallest absolute Gasteiger partial charge is 0.164 e. The SMILES string of the molecule is c1ccc(-c2cccc(-c3nc(-c4ccccc4)nc(-c4cccc(-c5cccc6oc7cc8oc9ccccc9c8cc7c56)c4)n3)c2)cc1. The number of furan rings is 2. The van der Waals surface area contributed by atoms with E-state index in [0.717, 1.165) is 82.8 Å². The van der Waals surface area contributed by atoms with Crippen LogP contribution in [0.1, 0.15) is 0 Å². The highest BCUT2D eigenvalue weighted by Crippen LogP contribution is 2.41. The second kappa shape index (κ2) is 11.4. The molecule has 3 aromatic heterocycles. The monoisotopic (exact) mass is 641 g/mol. The van der Waals surface area contributed by atoms with E-state index in [2.05, 4.69) is 91.0 Å². The predicted octanol–water partition coefficient (Wildman–Crippen LogP) is 12.0. The van der Waals surface area contributed by atoms with Crippen LogP contribution in [0.5, 0.6) is 0 Å². The van der Waals surface area contributed by atoms with Crippen LogP contribution in [0.4, 0.5) is 0 Å². The summed E-state index contributed by atoms with van der Waals surface area (Å²) in [5, 5.41) is 4.27. The first-order valence-electron chi connectivity index (χ1n) is 16.6. The van der Waals surface area contributed by atoms with E-state index in [1.54, 1.807) is 0 Å². The molecule has 0 spiro atoms. The molecule has 0 aliphatic carbocycles. The van der Waals surface area contributed by atoms with Crippen LogP contribution in [-0.2, 0) is 0 Å². The maximum Gasteiger partial charge on any atom is 0.164 e. The van der Waals surface area contributed by atoms with Crippen molar-refractivity contribution in [3.05, 3.63) is 164 Å². The van der Waals surface area contributed by atoms with Crippen LogP contribution in [0.15, 0.2) is 173 Å². The lowest BCUT2D eigenvalue weighted by Crippen LogP contribution is -2.00. The molecule has 234 valence electrons. The average molecular weight is 642 g/mol. The van der Waals surface area contributed by atoms with Gasteiger partial charge in [-0.25, -0.2) is 15.0 Å². The molecule has 0 bridgehead atoms. The summed E-state index contributed by atoms with van der Waals surface area (Å²) in [5.74, 6) is 1.85. The number of fused-ring (bicyclic) bond motifs is 6. The first kappa shape index (κ1) is 28.2. The van der Waals surface area contributed by atoms with Gasteiger partial charge in [0.25, 0.3) is 0 Å².